The molecule has 1 amide bonds. The Morgan fingerprint density at radius 3 is 2.67 bits per heavy atom. The second kappa shape index (κ2) is 10.4. The number of aryl methyl sites for hydroxylation is 2. The molecule has 0 fully saturated rings. The Hall–Kier alpha value is -2.64. The average molecular weight is 441 g/mol. The van der Waals surface area contributed by atoms with Crippen molar-refractivity contribution in [3.05, 3.63) is 76.3 Å². The van der Waals surface area contributed by atoms with Crippen molar-refractivity contribution >= 4 is 40.7 Å². The van der Waals surface area contributed by atoms with Gasteiger partial charge in [0.1, 0.15) is 5.25 Å². The van der Waals surface area contributed by atoms with Crippen molar-refractivity contribution in [3.8, 4) is 0 Å². The van der Waals surface area contributed by atoms with E-state index in [2.05, 4.69) is 10.3 Å². The summed E-state index contributed by atoms with van der Waals surface area (Å²) < 4.78 is 5.72. The van der Waals surface area contributed by atoms with Crippen molar-refractivity contribution in [2.75, 3.05) is 11.9 Å². The van der Waals surface area contributed by atoms with Gasteiger partial charge in [-0.15, -0.1) is 11.3 Å². The van der Waals surface area contributed by atoms with E-state index in [4.69, 9.17) is 4.74 Å². The van der Waals surface area contributed by atoms with Crippen LogP contribution in [0.5, 0.6) is 0 Å². The summed E-state index contributed by atoms with van der Waals surface area (Å²) in [5.74, 6) is -0.409. The van der Waals surface area contributed by atoms with Gasteiger partial charge < -0.3 is 10.1 Å². The van der Waals surface area contributed by atoms with Gasteiger partial charge in [0, 0.05) is 11.1 Å². The highest BCUT2D eigenvalue weighted by molar-refractivity contribution is 8.01. The van der Waals surface area contributed by atoms with Crippen molar-refractivity contribution in [2.45, 2.75) is 36.8 Å². The highest BCUT2D eigenvalue weighted by Crippen LogP contribution is 2.38. The molecule has 2 aromatic carbocycles. The van der Waals surface area contributed by atoms with Crippen LogP contribution in [0.3, 0.4) is 0 Å². The van der Waals surface area contributed by atoms with E-state index in [0.29, 0.717) is 12.3 Å². The summed E-state index contributed by atoms with van der Waals surface area (Å²) in [6.07, 6.45) is 0.135. The van der Waals surface area contributed by atoms with Crippen molar-refractivity contribution in [1.29, 1.82) is 0 Å². The standard InChI is InChI=1S/C23H24N2O3S2/c1-4-28-20(26)13-18-14-29-23(24-18)30-21(17-8-6-5-7-9-17)22(27)25-19-12-15(2)10-11-16(19)3/h5-12,14,21H,4,13H2,1-3H3,(H,25,27). The lowest BCUT2D eigenvalue weighted by Gasteiger charge is -2.17. The molecule has 3 rings (SSSR count). The van der Waals surface area contributed by atoms with E-state index in [-0.39, 0.29) is 18.3 Å². The van der Waals surface area contributed by atoms with Crippen LogP contribution in [0.1, 0.15) is 34.6 Å². The summed E-state index contributed by atoms with van der Waals surface area (Å²) >= 11 is 2.81. The first-order valence-corrected chi connectivity index (χ1v) is 11.4. The Labute approximate surface area is 184 Å². The lowest BCUT2D eigenvalue weighted by Crippen LogP contribution is -2.19. The Kier molecular flexibility index (Phi) is 7.65. The monoisotopic (exact) mass is 440 g/mol. The topological polar surface area (TPSA) is 68.3 Å². The van der Waals surface area contributed by atoms with E-state index in [1.54, 1.807) is 6.92 Å². The van der Waals surface area contributed by atoms with E-state index in [0.717, 1.165) is 26.7 Å². The maximum atomic E-state index is 13.2. The van der Waals surface area contributed by atoms with Crippen LogP contribution in [-0.4, -0.2) is 23.5 Å². The Morgan fingerprint density at radius 1 is 1.17 bits per heavy atom. The minimum Gasteiger partial charge on any atom is -0.466 e. The number of carbonyl (C=O) groups is 2. The summed E-state index contributed by atoms with van der Waals surface area (Å²) in [6.45, 7) is 6.10. The molecule has 1 aromatic heterocycles. The van der Waals surface area contributed by atoms with Crippen LogP contribution >= 0.6 is 23.1 Å². The zero-order chi connectivity index (χ0) is 21.5. The van der Waals surface area contributed by atoms with Crippen molar-refractivity contribution in [2.24, 2.45) is 0 Å². The van der Waals surface area contributed by atoms with Gasteiger partial charge in [0.2, 0.25) is 5.91 Å². The van der Waals surface area contributed by atoms with Gasteiger partial charge >= 0.3 is 5.97 Å². The molecule has 1 heterocycles. The van der Waals surface area contributed by atoms with Gasteiger partial charge in [-0.05, 0) is 43.5 Å². The van der Waals surface area contributed by atoms with E-state index in [9.17, 15) is 9.59 Å². The van der Waals surface area contributed by atoms with E-state index >= 15 is 0 Å². The van der Waals surface area contributed by atoms with Gasteiger partial charge in [0.25, 0.3) is 0 Å². The number of anilines is 1. The molecule has 0 bridgehead atoms. The molecule has 0 saturated carbocycles. The van der Waals surface area contributed by atoms with E-state index in [1.165, 1.54) is 23.1 Å². The predicted molar refractivity (Wildman–Crippen MR) is 122 cm³/mol. The number of ether oxygens (including phenoxy) is 1. The first-order chi connectivity index (χ1) is 14.5. The van der Waals surface area contributed by atoms with Gasteiger partial charge in [0.05, 0.1) is 18.7 Å². The molecule has 7 heteroatoms. The summed E-state index contributed by atoms with van der Waals surface area (Å²) in [5.41, 5.74) is 4.46. The fourth-order valence-electron chi connectivity index (χ4n) is 2.85. The molecule has 5 nitrogen and oxygen atoms in total. The van der Waals surface area contributed by atoms with Crippen molar-refractivity contribution in [1.82, 2.24) is 4.98 Å². The summed E-state index contributed by atoms with van der Waals surface area (Å²) in [5, 5.41) is 4.44. The predicted octanol–water partition coefficient (Wildman–Crippen LogP) is 5.34. The minimum atomic E-state index is -0.465. The average Bonchev–Trinajstić information content (AvgIpc) is 3.16. The third-order valence-electron chi connectivity index (χ3n) is 4.37. The molecular weight excluding hydrogens is 416 g/mol. The molecular formula is C23H24N2O3S2. The van der Waals surface area contributed by atoms with Crippen LogP contribution in [0.2, 0.25) is 0 Å². The summed E-state index contributed by atoms with van der Waals surface area (Å²) in [7, 11) is 0. The first kappa shape index (κ1) is 22.1. The summed E-state index contributed by atoms with van der Waals surface area (Å²) in [4.78, 5) is 29.4. The number of hydrogen-bond acceptors (Lipinski definition) is 6. The van der Waals surface area contributed by atoms with Gasteiger partial charge in [-0.2, -0.15) is 0 Å². The molecule has 0 spiro atoms. The Bertz CT molecular complexity index is 1020. The minimum absolute atomic E-state index is 0.109. The highest BCUT2D eigenvalue weighted by atomic mass is 32.2. The Balaban J connectivity index is 1.80. The molecule has 0 radical (unpaired) electrons. The molecule has 1 N–H and O–H groups in total. The maximum Gasteiger partial charge on any atom is 0.311 e. The number of thiazole rings is 1. The van der Waals surface area contributed by atoms with Crippen LogP contribution in [0.4, 0.5) is 5.69 Å². The molecule has 1 atom stereocenters. The molecule has 0 aliphatic rings. The van der Waals surface area contributed by atoms with Crippen molar-refractivity contribution in [3.63, 3.8) is 0 Å². The smallest absolute Gasteiger partial charge is 0.311 e. The van der Waals surface area contributed by atoms with Gasteiger partial charge in [-0.1, -0.05) is 54.2 Å². The number of thioether (sulfide) groups is 1. The summed E-state index contributed by atoms with van der Waals surface area (Å²) in [6, 6.07) is 15.6. The largest absolute Gasteiger partial charge is 0.466 e. The number of nitrogens with one attached hydrogen (secondary N) is 1. The number of nitrogens with zero attached hydrogens (tertiary/aromatic N) is 1. The number of esters is 1. The molecule has 156 valence electrons. The molecule has 30 heavy (non-hydrogen) atoms. The SMILES string of the molecule is CCOC(=O)Cc1csc(SC(C(=O)Nc2cc(C)ccc2C)c2ccccc2)n1. The van der Waals surface area contributed by atoms with Crippen molar-refractivity contribution < 1.29 is 14.3 Å². The molecule has 1 unspecified atom stereocenters. The number of carbonyl (C=O) groups excluding carboxylic acids is 2. The lowest BCUT2D eigenvalue weighted by molar-refractivity contribution is -0.142. The number of benzene rings is 2. The third kappa shape index (κ3) is 5.93. The van der Waals surface area contributed by atoms with Crippen LogP contribution in [-0.2, 0) is 20.7 Å². The fourth-order valence-corrected chi connectivity index (χ4v) is 4.88. The molecule has 3 aromatic rings. The van der Waals surface area contributed by atoms with E-state index in [1.807, 2.05) is 67.8 Å². The number of aromatic nitrogens is 1. The maximum absolute atomic E-state index is 13.2. The van der Waals surface area contributed by atoms with Crippen LogP contribution < -0.4 is 5.32 Å². The number of amides is 1. The Morgan fingerprint density at radius 2 is 1.93 bits per heavy atom. The van der Waals surface area contributed by atoms with Gasteiger partial charge in [-0.25, -0.2) is 4.98 Å². The first-order valence-electron chi connectivity index (χ1n) is 9.66. The molecule has 0 saturated heterocycles. The fraction of sp³-hybridized carbons (Fsp3) is 0.261. The number of hydrogen-bond donors (Lipinski definition) is 1. The number of rotatable bonds is 8. The zero-order valence-electron chi connectivity index (χ0n) is 17.2. The van der Waals surface area contributed by atoms with Crippen LogP contribution in [0, 0.1) is 13.8 Å². The lowest BCUT2D eigenvalue weighted by atomic mass is 10.1. The molecule has 0 aliphatic carbocycles. The van der Waals surface area contributed by atoms with E-state index < -0.39 is 5.25 Å². The quantitative estimate of drug-likeness (QED) is 0.378. The molecule has 0 aliphatic heterocycles. The van der Waals surface area contributed by atoms with Gasteiger partial charge in [0.15, 0.2) is 4.34 Å². The third-order valence-corrected chi connectivity index (χ3v) is 6.65. The van der Waals surface area contributed by atoms with Crippen LogP contribution in [0.15, 0.2) is 58.3 Å². The highest BCUT2D eigenvalue weighted by Gasteiger charge is 2.24. The normalized spacial score (nSPS) is 11.7. The zero-order valence-corrected chi connectivity index (χ0v) is 18.8. The second-order valence-corrected chi connectivity index (χ2v) is 9.01. The van der Waals surface area contributed by atoms with Gasteiger partial charge in [-0.3, -0.25) is 9.59 Å². The second-order valence-electron chi connectivity index (χ2n) is 6.80. The van der Waals surface area contributed by atoms with Crippen LogP contribution in [0.25, 0.3) is 0 Å².